The van der Waals surface area contributed by atoms with E-state index in [0.29, 0.717) is 11.3 Å². The summed E-state index contributed by atoms with van der Waals surface area (Å²) in [5, 5.41) is 11.0. The summed E-state index contributed by atoms with van der Waals surface area (Å²) in [6.45, 7) is 3.57. The Morgan fingerprint density at radius 3 is 2.56 bits per heavy atom. The monoisotopic (exact) mass is 305 g/mol. The maximum atomic E-state index is 11.2. The number of hydrogen-bond donors (Lipinski definition) is 1. The Balaban J connectivity index is 3.08. The Kier molecular flexibility index (Phi) is 4.49. The molecule has 88 valence electrons. The number of carbonyl (C=O) groups excluding carboxylic acids is 1. The lowest BCUT2D eigenvalue weighted by Gasteiger charge is -2.27. The van der Waals surface area contributed by atoms with Gasteiger partial charge in [0.2, 0.25) is 6.41 Å². The predicted octanol–water partition coefficient (Wildman–Crippen LogP) is 2.50. The van der Waals surface area contributed by atoms with Gasteiger partial charge < -0.3 is 10.0 Å². The molecule has 6 heteroatoms. The number of carboxylic acids is 1. The van der Waals surface area contributed by atoms with E-state index in [9.17, 15) is 14.7 Å². The Morgan fingerprint density at radius 1 is 1.62 bits per heavy atom. The Hall–Kier alpha value is -0.880. The highest BCUT2D eigenvalue weighted by Crippen LogP contribution is 2.30. The fourth-order valence-electron chi connectivity index (χ4n) is 1.35. The van der Waals surface area contributed by atoms with Crippen molar-refractivity contribution in [3.63, 3.8) is 0 Å². The fraction of sp³-hybridized carbons (Fsp3) is 0.400. The zero-order valence-corrected chi connectivity index (χ0v) is 11.3. The van der Waals surface area contributed by atoms with Crippen LogP contribution < -0.4 is 0 Å². The molecule has 0 aliphatic rings. The Labute approximate surface area is 106 Å². The van der Waals surface area contributed by atoms with Gasteiger partial charge in [-0.05, 0) is 35.8 Å². The zero-order valence-electron chi connectivity index (χ0n) is 8.88. The molecule has 0 bridgehead atoms. The van der Waals surface area contributed by atoms with Gasteiger partial charge in [0.1, 0.15) is 0 Å². The van der Waals surface area contributed by atoms with Crippen molar-refractivity contribution in [3.8, 4) is 0 Å². The molecule has 0 radical (unpaired) electrons. The highest BCUT2D eigenvalue weighted by molar-refractivity contribution is 9.10. The third-order valence-electron chi connectivity index (χ3n) is 2.11. The SMILES string of the molecule is CC(C)N(C=O)C(C(=O)O)c1cc(Br)cs1. The molecule has 0 aliphatic heterocycles. The largest absolute Gasteiger partial charge is 0.479 e. The number of thiophene rings is 1. The quantitative estimate of drug-likeness (QED) is 0.850. The summed E-state index contributed by atoms with van der Waals surface area (Å²) in [5.74, 6) is -1.02. The highest BCUT2D eigenvalue weighted by atomic mass is 79.9. The number of nitrogens with zero attached hydrogens (tertiary/aromatic N) is 1. The third kappa shape index (κ3) is 2.82. The Bertz CT molecular complexity index is 391. The molecule has 1 N–H and O–H groups in total. The van der Waals surface area contributed by atoms with Crippen LogP contribution in [0.1, 0.15) is 24.8 Å². The zero-order chi connectivity index (χ0) is 12.3. The molecule has 1 atom stereocenters. The van der Waals surface area contributed by atoms with E-state index >= 15 is 0 Å². The summed E-state index contributed by atoms with van der Waals surface area (Å²) >= 11 is 4.59. The normalized spacial score (nSPS) is 12.5. The number of hydrogen-bond acceptors (Lipinski definition) is 3. The maximum absolute atomic E-state index is 11.2. The van der Waals surface area contributed by atoms with Gasteiger partial charge in [0.15, 0.2) is 6.04 Å². The molecule has 0 fully saturated rings. The molecule has 1 aromatic rings. The van der Waals surface area contributed by atoms with Gasteiger partial charge in [-0.3, -0.25) is 4.79 Å². The number of aliphatic carboxylic acids is 1. The highest BCUT2D eigenvalue weighted by Gasteiger charge is 2.29. The molecule has 1 rings (SSSR count). The summed E-state index contributed by atoms with van der Waals surface area (Å²) in [7, 11) is 0. The Morgan fingerprint density at radius 2 is 2.25 bits per heavy atom. The second kappa shape index (κ2) is 5.45. The van der Waals surface area contributed by atoms with Crippen molar-refractivity contribution >= 4 is 39.6 Å². The lowest BCUT2D eigenvalue weighted by molar-refractivity contribution is -0.147. The van der Waals surface area contributed by atoms with Crippen LogP contribution in [-0.4, -0.2) is 28.4 Å². The summed E-state index contributed by atoms with van der Waals surface area (Å²) in [5.41, 5.74) is 0. The minimum atomic E-state index is -1.02. The number of carboxylic acid groups (broad SMARTS) is 1. The summed E-state index contributed by atoms with van der Waals surface area (Å²) < 4.78 is 0.827. The molecule has 0 saturated heterocycles. The van der Waals surface area contributed by atoms with Gasteiger partial charge in [0.05, 0.1) is 0 Å². The van der Waals surface area contributed by atoms with Gasteiger partial charge in [-0.1, -0.05) is 0 Å². The minimum Gasteiger partial charge on any atom is -0.479 e. The van der Waals surface area contributed by atoms with E-state index in [1.807, 2.05) is 0 Å². The van der Waals surface area contributed by atoms with Gasteiger partial charge in [-0.25, -0.2) is 4.79 Å². The number of rotatable bonds is 5. The maximum Gasteiger partial charge on any atom is 0.331 e. The molecule has 1 unspecified atom stereocenters. The number of halogens is 1. The average molecular weight is 306 g/mol. The number of amides is 1. The lowest BCUT2D eigenvalue weighted by atomic mass is 10.2. The van der Waals surface area contributed by atoms with Gasteiger partial charge in [-0.15, -0.1) is 11.3 Å². The van der Waals surface area contributed by atoms with E-state index in [1.54, 1.807) is 25.3 Å². The number of carbonyl (C=O) groups is 2. The standard InChI is InChI=1S/C10H12BrNO3S/c1-6(2)12(5-13)9(10(14)15)8-3-7(11)4-16-8/h3-6,9H,1-2H3,(H,14,15). The molecule has 0 aromatic carbocycles. The topological polar surface area (TPSA) is 57.6 Å². The van der Waals surface area contributed by atoms with Gasteiger partial charge in [0, 0.05) is 20.8 Å². The summed E-state index contributed by atoms with van der Waals surface area (Å²) in [4.78, 5) is 24.1. The first-order chi connectivity index (χ1) is 7.47. The van der Waals surface area contributed by atoms with E-state index in [0.717, 1.165) is 4.47 Å². The molecule has 16 heavy (non-hydrogen) atoms. The van der Waals surface area contributed by atoms with Gasteiger partial charge in [0.25, 0.3) is 0 Å². The first-order valence-corrected chi connectivity index (χ1v) is 6.34. The minimum absolute atomic E-state index is 0.153. The molecule has 0 aliphatic carbocycles. The molecule has 1 amide bonds. The van der Waals surface area contributed by atoms with Crippen molar-refractivity contribution in [2.75, 3.05) is 0 Å². The second-order valence-corrected chi connectivity index (χ2v) is 5.41. The molecule has 0 saturated carbocycles. The van der Waals surface area contributed by atoms with E-state index in [1.165, 1.54) is 16.2 Å². The molecule has 1 heterocycles. The van der Waals surface area contributed by atoms with E-state index in [-0.39, 0.29) is 6.04 Å². The molecular formula is C10H12BrNO3S. The van der Waals surface area contributed by atoms with Crippen LogP contribution in [-0.2, 0) is 9.59 Å². The van der Waals surface area contributed by atoms with Crippen LogP contribution in [0.2, 0.25) is 0 Å². The molecule has 0 spiro atoms. The van der Waals surface area contributed by atoms with Gasteiger partial charge in [-0.2, -0.15) is 0 Å². The van der Waals surface area contributed by atoms with Crippen molar-refractivity contribution in [3.05, 3.63) is 20.8 Å². The van der Waals surface area contributed by atoms with Crippen LogP contribution in [0, 0.1) is 0 Å². The van der Waals surface area contributed by atoms with Crippen LogP contribution in [0.4, 0.5) is 0 Å². The van der Waals surface area contributed by atoms with Crippen LogP contribution in [0.15, 0.2) is 15.9 Å². The average Bonchev–Trinajstić information content (AvgIpc) is 2.59. The van der Waals surface area contributed by atoms with E-state index < -0.39 is 12.0 Å². The molecular weight excluding hydrogens is 294 g/mol. The predicted molar refractivity (Wildman–Crippen MR) is 65.4 cm³/mol. The van der Waals surface area contributed by atoms with Crippen molar-refractivity contribution in [1.82, 2.24) is 4.90 Å². The van der Waals surface area contributed by atoms with Crippen molar-refractivity contribution < 1.29 is 14.7 Å². The second-order valence-electron chi connectivity index (χ2n) is 3.55. The van der Waals surface area contributed by atoms with Crippen molar-refractivity contribution in [2.24, 2.45) is 0 Å². The summed E-state index contributed by atoms with van der Waals surface area (Å²) in [6, 6.07) is 0.663. The van der Waals surface area contributed by atoms with E-state index in [4.69, 9.17) is 0 Å². The van der Waals surface area contributed by atoms with Gasteiger partial charge >= 0.3 is 5.97 Å². The van der Waals surface area contributed by atoms with Crippen molar-refractivity contribution in [2.45, 2.75) is 25.9 Å². The molecule has 4 nitrogen and oxygen atoms in total. The first kappa shape index (κ1) is 13.2. The van der Waals surface area contributed by atoms with Crippen LogP contribution in [0.5, 0.6) is 0 Å². The first-order valence-electron chi connectivity index (χ1n) is 4.66. The van der Waals surface area contributed by atoms with Crippen LogP contribution in [0.3, 0.4) is 0 Å². The third-order valence-corrected chi connectivity index (χ3v) is 3.85. The summed E-state index contributed by atoms with van der Waals surface area (Å²) in [6.07, 6.45) is 0.580. The van der Waals surface area contributed by atoms with E-state index in [2.05, 4.69) is 15.9 Å². The fourth-order valence-corrected chi connectivity index (χ4v) is 2.89. The van der Waals surface area contributed by atoms with Crippen molar-refractivity contribution in [1.29, 1.82) is 0 Å². The smallest absolute Gasteiger partial charge is 0.331 e. The van der Waals surface area contributed by atoms with Crippen LogP contribution in [0.25, 0.3) is 0 Å². The molecule has 1 aromatic heterocycles. The van der Waals surface area contributed by atoms with Crippen LogP contribution >= 0.6 is 27.3 Å². The lowest BCUT2D eigenvalue weighted by Crippen LogP contribution is -2.37.